The predicted molar refractivity (Wildman–Crippen MR) is 113 cm³/mol. The molecule has 0 spiro atoms. The van der Waals surface area contributed by atoms with Crippen LogP contribution in [-0.2, 0) is 0 Å². The summed E-state index contributed by atoms with van der Waals surface area (Å²) >= 11 is 1.45. The van der Waals surface area contributed by atoms with Crippen molar-refractivity contribution in [3.8, 4) is 16.9 Å². The van der Waals surface area contributed by atoms with Crippen LogP contribution < -0.4 is 10.1 Å². The second-order valence-electron chi connectivity index (χ2n) is 6.51. The quantitative estimate of drug-likeness (QED) is 0.559. The number of thiophene rings is 1. The van der Waals surface area contributed by atoms with Crippen LogP contribution in [0.5, 0.6) is 5.75 Å². The van der Waals surface area contributed by atoms with E-state index in [1.165, 1.54) is 11.3 Å². The lowest BCUT2D eigenvalue weighted by atomic mass is 10.1. The Labute approximate surface area is 164 Å². The number of hydrogen-bond donors (Lipinski definition) is 1. The molecule has 0 aliphatic carbocycles. The third-order valence-electron chi connectivity index (χ3n) is 4.09. The first kappa shape index (κ1) is 19.1. The fourth-order valence-corrected chi connectivity index (χ4v) is 3.53. The summed E-state index contributed by atoms with van der Waals surface area (Å²) in [5.74, 6) is 0.719. The number of amides is 1. The molecule has 0 fully saturated rings. The zero-order valence-corrected chi connectivity index (χ0v) is 16.5. The molecule has 1 N–H and O–H groups in total. The van der Waals surface area contributed by atoms with Crippen LogP contribution >= 0.6 is 11.3 Å². The van der Waals surface area contributed by atoms with Gasteiger partial charge in [0.1, 0.15) is 5.75 Å². The highest BCUT2D eigenvalue weighted by molar-refractivity contribution is 7.12. The molecule has 1 amide bonds. The minimum atomic E-state index is -0.0940. The van der Waals surface area contributed by atoms with Crippen LogP contribution in [0, 0.1) is 0 Å². The average Bonchev–Trinajstić information content (AvgIpc) is 3.17. The van der Waals surface area contributed by atoms with E-state index in [1.54, 1.807) is 0 Å². The first-order valence-electron chi connectivity index (χ1n) is 8.95. The third kappa shape index (κ3) is 5.42. The van der Waals surface area contributed by atoms with Gasteiger partial charge in [0.2, 0.25) is 0 Å². The average molecular weight is 381 g/mol. The molecule has 0 unspecified atom stereocenters. The largest absolute Gasteiger partial charge is 0.494 e. The van der Waals surface area contributed by atoms with Gasteiger partial charge in [-0.25, -0.2) is 0 Å². The van der Waals surface area contributed by atoms with E-state index in [-0.39, 0.29) is 5.91 Å². The van der Waals surface area contributed by atoms with Crippen molar-refractivity contribution in [2.24, 2.45) is 0 Å². The molecule has 0 aliphatic heterocycles. The van der Waals surface area contributed by atoms with Gasteiger partial charge in [0, 0.05) is 17.8 Å². The summed E-state index contributed by atoms with van der Waals surface area (Å²) in [4.78, 5) is 15.5. The maximum Gasteiger partial charge on any atom is 0.266 e. The number of carbonyl (C=O) groups excluding carboxylic acids is 1. The molecule has 0 bridgehead atoms. The minimum Gasteiger partial charge on any atom is -0.494 e. The van der Waals surface area contributed by atoms with Crippen LogP contribution in [0.3, 0.4) is 0 Å². The number of hydrogen-bond acceptors (Lipinski definition) is 4. The summed E-state index contributed by atoms with van der Waals surface area (Å²) in [6.07, 6.45) is 0.978. The standard InChI is InChI=1S/C22H24N2O2S/c1-24(2)14-6-15-26-19-11-9-18(10-12-19)23-22(25)21-20(13-16-27-21)17-7-4-3-5-8-17/h3-5,7-13,16H,6,14-15H2,1-2H3,(H,23,25). The van der Waals surface area contributed by atoms with Crippen molar-refractivity contribution < 1.29 is 9.53 Å². The number of nitrogens with zero attached hydrogens (tertiary/aromatic N) is 1. The summed E-state index contributed by atoms with van der Waals surface area (Å²) in [5, 5.41) is 4.92. The normalized spacial score (nSPS) is 10.8. The van der Waals surface area contributed by atoms with Crippen LogP contribution in [0.15, 0.2) is 66.0 Å². The topological polar surface area (TPSA) is 41.6 Å². The van der Waals surface area contributed by atoms with E-state index in [0.29, 0.717) is 11.5 Å². The van der Waals surface area contributed by atoms with Gasteiger partial charge in [-0.05, 0) is 61.8 Å². The molecule has 1 heterocycles. The highest BCUT2D eigenvalue weighted by Crippen LogP contribution is 2.29. The van der Waals surface area contributed by atoms with Gasteiger partial charge in [-0.2, -0.15) is 0 Å². The van der Waals surface area contributed by atoms with Crippen molar-refractivity contribution in [1.29, 1.82) is 0 Å². The highest BCUT2D eigenvalue weighted by atomic mass is 32.1. The molecule has 1 aromatic heterocycles. The summed E-state index contributed by atoms with van der Waals surface area (Å²) in [6, 6.07) is 19.5. The molecule has 3 aromatic rings. The minimum absolute atomic E-state index is 0.0940. The van der Waals surface area contributed by atoms with Gasteiger partial charge in [0.15, 0.2) is 0 Å². The number of carbonyl (C=O) groups is 1. The number of anilines is 1. The van der Waals surface area contributed by atoms with Gasteiger partial charge in [-0.1, -0.05) is 30.3 Å². The summed E-state index contributed by atoms with van der Waals surface area (Å²) < 4.78 is 5.73. The molecule has 0 radical (unpaired) electrons. The lowest BCUT2D eigenvalue weighted by molar-refractivity contribution is 0.103. The van der Waals surface area contributed by atoms with Crippen LogP contribution in [0.4, 0.5) is 5.69 Å². The molecule has 27 heavy (non-hydrogen) atoms. The molecule has 2 aromatic carbocycles. The Hall–Kier alpha value is -2.63. The molecule has 0 saturated carbocycles. The molecule has 0 saturated heterocycles. The number of ether oxygens (including phenoxy) is 1. The summed E-state index contributed by atoms with van der Waals surface area (Å²) in [5.41, 5.74) is 2.76. The van der Waals surface area contributed by atoms with Crippen LogP contribution in [0.1, 0.15) is 16.1 Å². The monoisotopic (exact) mass is 380 g/mol. The smallest absolute Gasteiger partial charge is 0.266 e. The van der Waals surface area contributed by atoms with Gasteiger partial charge in [-0.15, -0.1) is 11.3 Å². The molecule has 140 valence electrons. The van der Waals surface area contributed by atoms with Gasteiger partial charge >= 0.3 is 0 Å². The van der Waals surface area contributed by atoms with Crippen molar-refractivity contribution in [2.45, 2.75) is 6.42 Å². The lowest BCUT2D eigenvalue weighted by Crippen LogP contribution is -2.15. The fourth-order valence-electron chi connectivity index (χ4n) is 2.72. The molecule has 0 atom stereocenters. The Bertz CT molecular complexity index is 858. The Kier molecular flexibility index (Phi) is 6.63. The highest BCUT2D eigenvalue weighted by Gasteiger charge is 2.14. The Morgan fingerprint density at radius 2 is 1.78 bits per heavy atom. The van der Waals surface area contributed by atoms with E-state index in [2.05, 4.69) is 10.2 Å². The summed E-state index contributed by atoms with van der Waals surface area (Å²) in [6.45, 7) is 1.68. The Morgan fingerprint density at radius 3 is 2.48 bits per heavy atom. The van der Waals surface area contributed by atoms with E-state index in [9.17, 15) is 4.79 Å². The molecule has 3 rings (SSSR count). The van der Waals surface area contributed by atoms with Crippen molar-refractivity contribution in [2.75, 3.05) is 32.6 Å². The first-order valence-corrected chi connectivity index (χ1v) is 9.83. The van der Waals surface area contributed by atoms with Gasteiger partial charge < -0.3 is 15.0 Å². The Morgan fingerprint density at radius 1 is 1.04 bits per heavy atom. The van der Waals surface area contributed by atoms with Gasteiger partial charge in [0.25, 0.3) is 5.91 Å². The SMILES string of the molecule is CN(C)CCCOc1ccc(NC(=O)c2sccc2-c2ccccc2)cc1. The van der Waals surface area contributed by atoms with Crippen molar-refractivity contribution in [1.82, 2.24) is 4.90 Å². The van der Waals surface area contributed by atoms with Gasteiger partial charge in [0.05, 0.1) is 11.5 Å². The number of nitrogens with one attached hydrogen (secondary N) is 1. The fraction of sp³-hybridized carbons (Fsp3) is 0.227. The molecule has 0 aliphatic rings. The van der Waals surface area contributed by atoms with Crippen molar-refractivity contribution in [3.05, 3.63) is 70.9 Å². The van der Waals surface area contributed by atoms with E-state index in [4.69, 9.17) is 4.74 Å². The van der Waals surface area contributed by atoms with Gasteiger partial charge in [-0.3, -0.25) is 4.79 Å². The van der Waals surface area contributed by atoms with Crippen LogP contribution in [0.25, 0.3) is 11.1 Å². The van der Waals surface area contributed by atoms with Crippen molar-refractivity contribution >= 4 is 22.9 Å². The molecule has 5 heteroatoms. The maximum atomic E-state index is 12.7. The lowest BCUT2D eigenvalue weighted by Gasteiger charge is -2.11. The molecular formula is C22H24N2O2S. The molecular weight excluding hydrogens is 356 g/mol. The van der Waals surface area contributed by atoms with E-state index in [1.807, 2.05) is 80.1 Å². The van der Waals surface area contributed by atoms with Crippen molar-refractivity contribution in [3.63, 3.8) is 0 Å². The third-order valence-corrected chi connectivity index (χ3v) is 5.00. The second kappa shape index (κ2) is 9.35. The summed E-state index contributed by atoms with van der Waals surface area (Å²) in [7, 11) is 4.10. The van der Waals surface area contributed by atoms with E-state index in [0.717, 1.165) is 35.5 Å². The Balaban J connectivity index is 1.60. The maximum absolute atomic E-state index is 12.7. The van der Waals surface area contributed by atoms with E-state index >= 15 is 0 Å². The van der Waals surface area contributed by atoms with Crippen LogP contribution in [-0.4, -0.2) is 38.1 Å². The second-order valence-corrected chi connectivity index (χ2v) is 7.43. The molecule has 4 nitrogen and oxygen atoms in total. The number of benzene rings is 2. The van der Waals surface area contributed by atoms with E-state index < -0.39 is 0 Å². The zero-order valence-electron chi connectivity index (χ0n) is 15.6. The van der Waals surface area contributed by atoms with Crippen LogP contribution in [0.2, 0.25) is 0 Å². The number of rotatable bonds is 8. The predicted octanol–water partition coefficient (Wildman–Crippen LogP) is 5.00. The zero-order chi connectivity index (χ0) is 19.1. The first-order chi connectivity index (χ1) is 13.1.